The lowest BCUT2D eigenvalue weighted by Crippen LogP contribution is -2.40. The summed E-state index contributed by atoms with van der Waals surface area (Å²) in [4.78, 5) is 0. The largest absolute Gasteiger partial charge is 0.207 e. The zero-order valence-electron chi connectivity index (χ0n) is 8.41. The summed E-state index contributed by atoms with van der Waals surface area (Å²) in [5.74, 6) is -0.821. The standard InChI is InChI=1S/C10H14F2Si/c1-7-8(11)5-6-9(10(7)12)13(2,3)4/h5-6H,1-4H3. The Balaban J connectivity index is 3.35. The van der Waals surface area contributed by atoms with Gasteiger partial charge in [-0.25, -0.2) is 8.78 Å². The number of rotatable bonds is 1. The molecule has 0 saturated heterocycles. The van der Waals surface area contributed by atoms with Crippen molar-refractivity contribution in [3.05, 3.63) is 29.3 Å². The van der Waals surface area contributed by atoms with Crippen LogP contribution in [0.2, 0.25) is 19.6 Å². The van der Waals surface area contributed by atoms with E-state index >= 15 is 0 Å². The van der Waals surface area contributed by atoms with E-state index in [0.717, 1.165) is 0 Å². The molecule has 3 heteroatoms. The van der Waals surface area contributed by atoms with E-state index in [1.54, 1.807) is 6.07 Å². The summed E-state index contributed by atoms with van der Waals surface area (Å²) in [5, 5.41) is 0.700. The van der Waals surface area contributed by atoms with Gasteiger partial charge in [0.1, 0.15) is 11.6 Å². The van der Waals surface area contributed by atoms with Crippen LogP contribution in [0.1, 0.15) is 5.56 Å². The van der Waals surface area contributed by atoms with Crippen LogP contribution in [0.15, 0.2) is 12.1 Å². The van der Waals surface area contributed by atoms with Crippen molar-refractivity contribution in [2.45, 2.75) is 26.6 Å². The number of hydrogen-bond donors (Lipinski definition) is 0. The molecular formula is C10H14F2Si. The van der Waals surface area contributed by atoms with Crippen LogP contribution in [0, 0.1) is 18.6 Å². The van der Waals surface area contributed by atoms with Crippen LogP contribution in [0.3, 0.4) is 0 Å². The van der Waals surface area contributed by atoms with Gasteiger partial charge in [0.05, 0.1) is 8.07 Å². The van der Waals surface area contributed by atoms with Crippen molar-refractivity contribution >= 4 is 13.3 Å². The summed E-state index contributed by atoms with van der Waals surface area (Å²) in [6.45, 7) is 7.61. The van der Waals surface area contributed by atoms with Crippen molar-refractivity contribution in [2.75, 3.05) is 0 Å². The van der Waals surface area contributed by atoms with Crippen molar-refractivity contribution in [2.24, 2.45) is 0 Å². The molecule has 0 N–H and O–H groups in total. The van der Waals surface area contributed by atoms with Gasteiger partial charge in [-0.1, -0.05) is 25.7 Å². The maximum absolute atomic E-state index is 13.6. The molecule has 72 valence electrons. The first-order valence-corrected chi connectivity index (χ1v) is 7.79. The highest BCUT2D eigenvalue weighted by Gasteiger charge is 2.22. The quantitative estimate of drug-likeness (QED) is 0.611. The molecule has 1 aromatic carbocycles. The average molecular weight is 200 g/mol. The monoisotopic (exact) mass is 200 g/mol. The third kappa shape index (κ3) is 1.96. The molecule has 0 aliphatic rings. The van der Waals surface area contributed by atoms with E-state index in [2.05, 4.69) is 0 Å². The van der Waals surface area contributed by atoms with Gasteiger partial charge in [-0.05, 0) is 18.2 Å². The second kappa shape index (κ2) is 3.22. The van der Waals surface area contributed by atoms with E-state index in [1.165, 1.54) is 13.0 Å². The van der Waals surface area contributed by atoms with Gasteiger partial charge in [0.15, 0.2) is 0 Å². The van der Waals surface area contributed by atoms with Crippen LogP contribution in [0.4, 0.5) is 8.78 Å². The minimum atomic E-state index is -1.67. The fraction of sp³-hybridized carbons (Fsp3) is 0.400. The van der Waals surface area contributed by atoms with E-state index in [1.807, 2.05) is 19.6 Å². The highest BCUT2D eigenvalue weighted by molar-refractivity contribution is 6.88. The SMILES string of the molecule is Cc1c(F)ccc([Si](C)(C)C)c1F. The Labute approximate surface area is 78.6 Å². The van der Waals surface area contributed by atoms with Crippen LogP contribution in [0.25, 0.3) is 0 Å². The maximum Gasteiger partial charge on any atom is 0.129 e. The minimum absolute atomic E-state index is 0.139. The predicted octanol–water partition coefficient (Wildman–Crippen LogP) is 2.82. The van der Waals surface area contributed by atoms with Crippen LogP contribution >= 0.6 is 0 Å². The summed E-state index contributed by atoms with van der Waals surface area (Å²) in [6.07, 6.45) is 0. The Bertz CT molecular complexity index is 326. The van der Waals surface area contributed by atoms with Gasteiger partial charge in [-0.15, -0.1) is 0 Å². The Morgan fingerprint density at radius 2 is 1.62 bits per heavy atom. The van der Waals surface area contributed by atoms with Gasteiger partial charge in [0, 0.05) is 5.56 Å². The molecule has 0 spiro atoms. The van der Waals surface area contributed by atoms with Crippen LogP contribution < -0.4 is 5.19 Å². The topological polar surface area (TPSA) is 0 Å². The van der Waals surface area contributed by atoms with Gasteiger partial charge in [-0.2, -0.15) is 0 Å². The lowest BCUT2D eigenvalue weighted by Gasteiger charge is -2.18. The summed E-state index contributed by atoms with van der Waals surface area (Å²) < 4.78 is 26.5. The summed E-state index contributed by atoms with van der Waals surface area (Å²) in [5.41, 5.74) is 0.139. The maximum atomic E-state index is 13.6. The molecule has 0 bridgehead atoms. The first-order chi connectivity index (χ1) is 5.84. The van der Waals surface area contributed by atoms with Crippen molar-refractivity contribution < 1.29 is 8.78 Å². The summed E-state index contributed by atoms with van der Waals surface area (Å²) in [6, 6.07) is 2.93. The fourth-order valence-electron chi connectivity index (χ4n) is 1.24. The molecule has 0 heterocycles. The Hall–Kier alpha value is -0.703. The van der Waals surface area contributed by atoms with Gasteiger partial charge in [-0.3, -0.25) is 0 Å². The highest BCUT2D eigenvalue weighted by Crippen LogP contribution is 2.12. The third-order valence-corrected chi connectivity index (χ3v) is 4.13. The summed E-state index contributed by atoms with van der Waals surface area (Å²) in [7, 11) is -1.67. The van der Waals surface area contributed by atoms with Gasteiger partial charge >= 0.3 is 0 Å². The van der Waals surface area contributed by atoms with Crippen LogP contribution in [0.5, 0.6) is 0 Å². The van der Waals surface area contributed by atoms with E-state index < -0.39 is 13.9 Å². The van der Waals surface area contributed by atoms with E-state index in [-0.39, 0.29) is 11.4 Å². The Morgan fingerprint density at radius 1 is 1.08 bits per heavy atom. The molecule has 0 nitrogen and oxygen atoms in total. The first-order valence-electron chi connectivity index (χ1n) is 4.29. The highest BCUT2D eigenvalue weighted by atomic mass is 28.3. The minimum Gasteiger partial charge on any atom is -0.207 e. The van der Waals surface area contributed by atoms with E-state index in [9.17, 15) is 8.78 Å². The molecule has 0 aliphatic heterocycles. The molecule has 0 amide bonds. The molecule has 0 radical (unpaired) electrons. The lowest BCUT2D eigenvalue weighted by molar-refractivity contribution is 0.573. The number of halogens is 2. The van der Waals surface area contributed by atoms with Crippen molar-refractivity contribution in [1.29, 1.82) is 0 Å². The molecule has 1 rings (SSSR count). The van der Waals surface area contributed by atoms with E-state index in [0.29, 0.717) is 5.19 Å². The van der Waals surface area contributed by atoms with Crippen molar-refractivity contribution in [1.82, 2.24) is 0 Å². The summed E-state index contributed by atoms with van der Waals surface area (Å²) >= 11 is 0. The number of hydrogen-bond acceptors (Lipinski definition) is 0. The van der Waals surface area contributed by atoms with Gasteiger partial charge < -0.3 is 0 Å². The van der Waals surface area contributed by atoms with Gasteiger partial charge in [0.2, 0.25) is 0 Å². The number of benzene rings is 1. The van der Waals surface area contributed by atoms with Crippen LogP contribution in [-0.4, -0.2) is 8.07 Å². The second-order valence-electron chi connectivity index (χ2n) is 4.28. The smallest absolute Gasteiger partial charge is 0.129 e. The first kappa shape index (κ1) is 10.4. The van der Waals surface area contributed by atoms with E-state index in [4.69, 9.17) is 0 Å². The molecule has 0 atom stereocenters. The molecule has 1 aromatic rings. The molecule has 0 saturated carbocycles. The third-order valence-electron chi connectivity index (χ3n) is 2.13. The zero-order valence-corrected chi connectivity index (χ0v) is 9.41. The van der Waals surface area contributed by atoms with Crippen molar-refractivity contribution in [3.8, 4) is 0 Å². The van der Waals surface area contributed by atoms with Crippen molar-refractivity contribution in [3.63, 3.8) is 0 Å². The van der Waals surface area contributed by atoms with Gasteiger partial charge in [0.25, 0.3) is 0 Å². The predicted molar refractivity (Wildman–Crippen MR) is 54.1 cm³/mol. The van der Waals surface area contributed by atoms with Crippen LogP contribution in [-0.2, 0) is 0 Å². The molecule has 0 unspecified atom stereocenters. The molecule has 0 aromatic heterocycles. The molecule has 0 aliphatic carbocycles. The molecule has 0 fully saturated rings. The molecular weight excluding hydrogens is 186 g/mol. The fourth-order valence-corrected chi connectivity index (χ4v) is 2.67. The zero-order chi connectivity index (χ0) is 10.2. The average Bonchev–Trinajstić information content (AvgIpc) is 1.98. The normalized spacial score (nSPS) is 11.8. The second-order valence-corrected chi connectivity index (χ2v) is 9.32. The molecule has 13 heavy (non-hydrogen) atoms. The lowest BCUT2D eigenvalue weighted by atomic mass is 10.2. The Morgan fingerprint density at radius 3 is 2.08 bits per heavy atom. The Kier molecular flexibility index (Phi) is 2.57.